The zero-order chi connectivity index (χ0) is 17.2. The molecule has 1 heteroatoms. The summed E-state index contributed by atoms with van der Waals surface area (Å²) in [6.07, 6.45) is 21.5. The molecule has 0 aromatic carbocycles. The highest BCUT2D eigenvalue weighted by Gasteiger charge is 2.04. The quantitative estimate of drug-likeness (QED) is 0.232. The van der Waals surface area contributed by atoms with Gasteiger partial charge in [0.25, 0.3) is 0 Å². The van der Waals surface area contributed by atoms with E-state index in [-0.39, 0.29) is 0 Å². The first kappa shape index (κ1) is 23.0. The Balaban J connectivity index is 3.05. The van der Waals surface area contributed by atoms with E-state index in [1.807, 2.05) is 0 Å². The number of unbranched alkanes of at least 4 members (excludes halogenated alkanes) is 13. The van der Waals surface area contributed by atoms with E-state index in [0.29, 0.717) is 6.10 Å². The van der Waals surface area contributed by atoms with E-state index in [4.69, 9.17) is 4.74 Å². The van der Waals surface area contributed by atoms with Gasteiger partial charge in [-0.1, -0.05) is 104 Å². The molecule has 1 unspecified atom stereocenters. The lowest BCUT2D eigenvalue weighted by Crippen LogP contribution is -2.12. The van der Waals surface area contributed by atoms with Crippen LogP contribution in [0.15, 0.2) is 0 Å². The van der Waals surface area contributed by atoms with Gasteiger partial charge in [-0.05, 0) is 25.7 Å². The molecule has 0 amide bonds. The van der Waals surface area contributed by atoms with Crippen molar-refractivity contribution in [1.82, 2.24) is 0 Å². The average Bonchev–Trinajstić information content (AvgIpc) is 2.50. The smallest absolute Gasteiger partial charge is 0.0549 e. The molecule has 0 fully saturated rings. The second kappa shape index (κ2) is 18.3. The first-order chi connectivity index (χ1) is 11.2. The zero-order valence-corrected chi connectivity index (χ0v) is 16.9. The Morgan fingerprint density at radius 2 is 0.957 bits per heavy atom. The Labute approximate surface area is 148 Å². The maximum Gasteiger partial charge on any atom is 0.0549 e. The molecular weight excluding hydrogens is 280 g/mol. The molecule has 0 rings (SSSR count). The summed E-state index contributed by atoms with van der Waals surface area (Å²) in [5.41, 5.74) is 0. The van der Waals surface area contributed by atoms with E-state index in [2.05, 4.69) is 27.7 Å². The molecule has 0 radical (unpaired) electrons. The fourth-order valence-electron chi connectivity index (χ4n) is 3.31. The van der Waals surface area contributed by atoms with Gasteiger partial charge in [0.05, 0.1) is 6.10 Å². The minimum absolute atomic E-state index is 0.442. The summed E-state index contributed by atoms with van der Waals surface area (Å²) in [4.78, 5) is 0. The highest BCUT2D eigenvalue weighted by atomic mass is 16.5. The molecule has 0 N–H and O–H groups in total. The molecule has 1 nitrogen and oxygen atoms in total. The van der Waals surface area contributed by atoms with Crippen LogP contribution in [-0.4, -0.2) is 12.7 Å². The third kappa shape index (κ3) is 19.9. The summed E-state index contributed by atoms with van der Waals surface area (Å²) in [6, 6.07) is 0. The standard InChI is InChI=1S/C22H46O/c1-5-6-7-8-9-10-11-12-13-14-15-16-17-18-19-23-22(4)20-21(2)3/h21-22H,5-20H2,1-4H3. The van der Waals surface area contributed by atoms with E-state index in [9.17, 15) is 0 Å². The van der Waals surface area contributed by atoms with Gasteiger partial charge in [-0.15, -0.1) is 0 Å². The Hall–Kier alpha value is -0.0400. The fraction of sp³-hybridized carbons (Fsp3) is 1.00. The molecule has 0 aliphatic rings. The minimum Gasteiger partial charge on any atom is -0.379 e. The Kier molecular flexibility index (Phi) is 18.3. The molecule has 0 bridgehead atoms. The van der Waals surface area contributed by atoms with Crippen molar-refractivity contribution in [3.8, 4) is 0 Å². The highest BCUT2D eigenvalue weighted by Crippen LogP contribution is 2.13. The zero-order valence-electron chi connectivity index (χ0n) is 16.9. The SMILES string of the molecule is CCCCCCCCCCCCCCCCOC(C)CC(C)C. The van der Waals surface area contributed by atoms with Crippen LogP contribution in [0.4, 0.5) is 0 Å². The first-order valence-corrected chi connectivity index (χ1v) is 10.8. The summed E-state index contributed by atoms with van der Waals surface area (Å²) in [5, 5.41) is 0. The van der Waals surface area contributed by atoms with Crippen molar-refractivity contribution in [2.75, 3.05) is 6.61 Å². The molecule has 0 heterocycles. The topological polar surface area (TPSA) is 9.23 Å². The number of hydrogen-bond acceptors (Lipinski definition) is 1. The minimum atomic E-state index is 0.442. The molecule has 0 aromatic rings. The van der Waals surface area contributed by atoms with E-state index < -0.39 is 0 Å². The van der Waals surface area contributed by atoms with Crippen molar-refractivity contribution in [1.29, 1.82) is 0 Å². The van der Waals surface area contributed by atoms with Crippen molar-refractivity contribution in [3.05, 3.63) is 0 Å². The lowest BCUT2D eigenvalue weighted by Gasteiger charge is -2.14. The van der Waals surface area contributed by atoms with Crippen LogP contribution in [0.1, 0.15) is 124 Å². The Morgan fingerprint density at radius 1 is 0.565 bits per heavy atom. The lowest BCUT2D eigenvalue weighted by molar-refractivity contribution is 0.0494. The summed E-state index contributed by atoms with van der Waals surface area (Å²) >= 11 is 0. The molecule has 0 saturated carbocycles. The van der Waals surface area contributed by atoms with E-state index >= 15 is 0 Å². The predicted octanol–water partition coefficient (Wildman–Crippen LogP) is 7.92. The highest BCUT2D eigenvalue weighted by molar-refractivity contribution is 4.54. The summed E-state index contributed by atoms with van der Waals surface area (Å²) in [6.45, 7) is 10.0. The number of ether oxygens (including phenoxy) is 1. The Bertz CT molecular complexity index is 212. The number of rotatable bonds is 18. The van der Waals surface area contributed by atoms with Crippen LogP contribution in [0.25, 0.3) is 0 Å². The van der Waals surface area contributed by atoms with Crippen LogP contribution < -0.4 is 0 Å². The van der Waals surface area contributed by atoms with Crippen LogP contribution in [0.5, 0.6) is 0 Å². The van der Waals surface area contributed by atoms with Crippen molar-refractivity contribution < 1.29 is 4.74 Å². The van der Waals surface area contributed by atoms with Gasteiger partial charge in [0.1, 0.15) is 0 Å². The van der Waals surface area contributed by atoms with Crippen LogP contribution >= 0.6 is 0 Å². The van der Waals surface area contributed by atoms with E-state index in [1.165, 1.54) is 96.3 Å². The van der Waals surface area contributed by atoms with Crippen LogP contribution in [-0.2, 0) is 4.74 Å². The lowest BCUT2D eigenvalue weighted by atomic mass is 10.0. The molecule has 0 spiro atoms. The van der Waals surface area contributed by atoms with Gasteiger partial charge in [0.15, 0.2) is 0 Å². The van der Waals surface area contributed by atoms with E-state index in [0.717, 1.165) is 12.5 Å². The summed E-state index contributed by atoms with van der Waals surface area (Å²) in [7, 11) is 0. The van der Waals surface area contributed by atoms with Gasteiger partial charge in [0, 0.05) is 6.61 Å². The second-order valence-electron chi connectivity index (χ2n) is 7.91. The van der Waals surface area contributed by atoms with Gasteiger partial charge in [-0.25, -0.2) is 0 Å². The van der Waals surface area contributed by atoms with Crippen molar-refractivity contribution >= 4 is 0 Å². The summed E-state index contributed by atoms with van der Waals surface area (Å²) in [5.74, 6) is 0.751. The van der Waals surface area contributed by atoms with Crippen molar-refractivity contribution in [3.63, 3.8) is 0 Å². The maximum absolute atomic E-state index is 5.86. The fourth-order valence-corrected chi connectivity index (χ4v) is 3.31. The van der Waals surface area contributed by atoms with Gasteiger partial charge in [-0.2, -0.15) is 0 Å². The molecule has 23 heavy (non-hydrogen) atoms. The van der Waals surface area contributed by atoms with E-state index in [1.54, 1.807) is 0 Å². The number of hydrogen-bond donors (Lipinski definition) is 0. The molecule has 0 saturated heterocycles. The molecule has 0 aromatic heterocycles. The van der Waals surface area contributed by atoms with Gasteiger partial charge < -0.3 is 4.74 Å². The molecular formula is C22H46O. The molecule has 1 atom stereocenters. The predicted molar refractivity (Wildman–Crippen MR) is 105 cm³/mol. The van der Waals surface area contributed by atoms with Gasteiger partial charge in [-0.3, -0.25) is 0 Å². The third-order valence-corrected chi connectivity index (χ3v) is 4.70. The van der Waals surface area contributed by atoms with Gasteiger partial charge >= 0.3 is 0 Å². The van der Waals surface area contributed by atoms with Crippen LogP contribution in [0.2, 0.25) is 0 Å². The van der Waals surface area contributed by atoms with Gasteiger partial charge in [0.2, 0.25) is 0 Å². The molecule has 0 aliphatic carbocycles. The maximum atomic E-state index is 5.86. The van der Waals surface area contributed by atoms with Crippen LogP contribution in [0.3, 0.4) is 0 Å². The van der Waals surface area contributed by atoms with Crippen LogP contribution in [0, 0.1) is 5.92 Å². The van der Waals surface area contributed by atoms with Crippen molar-refractivity contribution in [2.45, 2.75) is 130 Å². The Morgan fingerprint density at radius 3 is 1.35 bits per heavy atom. The largest absolute Gasteiger partial charge is 0.379 e. The molecule has 0 aliphatic heterocycles. The monoisotopic (exact) mass is 326 g/mol. The second-order valence-corrected chi connectivity index (χ2v) is 7.91. The normalized spacial score (nSPS) is 12.9. The molecule has 140 valence electrons. The summed E-state index contributed by atoms with van der Waals surface area (Å²) < 4.78 is 5.86. The average molecular weight is 327 g/mol. The van der Waals surface area contributed by atoms with Crippen molar-refractivity contribution in [2.24, 2.45) is 5.92 Å². The first-order valence-electron chi connectivity index (χ1n) is 10.8. The third-order valence-electron chi connectivity index (χ3n) is 4.70.